The van der Waals surface area contributed by atoms with Crippen molar-refractivity contribution in [1.29, 1.82) is 0 Å². The molecule has 2 heterocycles. The fourth-order valence-electron chi connectivity index (χ4n) is 3.29. The van der Waals surface area contributed by atoms with Gasteiger partial charge < -0.3 is 5.32 Å². The van der Waals surface area contributed by atoms with E-state index in [0.29, 0.717) is 12.0 Å². The zero-order chi connectivity index (χ0) is 13.4. The van der Waals surface area contributed by atoms with E-state index >= 15 is 0 Å². The molecule has 2 aromatic heterocycles. The highest BCUT2D eigenvalue weighted by Crippen LogP contribution is 2.35. The highest BCUT2D eigenvalue weighted by atomic mass is 15.4. The molecule has 19 heavy (non-hydrogen) atoms. The van der Waals surface area contributed by atoms with E-state index in [1.54, 1.807) is 0 Å². The van der Waals surface area contributed by atoms with Crippen LogP contribution in [-0.2, 0) is 0 Å². The first-order valence-electron chi connectivity index (χ1n) is 7.28. The number of aryl methyl sites for hydroxylation is 1. The maximum absolute atomic E-state index is 4.56. The van der Waals surface area contributed by atoms with Crippen LogP contribution in [0, 0.1) is 18.8 Å². The van der Waals surface area contributed by atoms with Crippen molar-refractivity contribution in [3.63, 3.8) is 0 Å². The van der Waals surface area contributed by atoms with Gasteiger partial charge in [-0.15, -0.1) is 5.10 Å². The Morgan fingerprint density at radius 3 is 2.89 bits per heavy atom. The molecular formula is C15H22N4. The van der Waals surface area contributed by atoms with Gasteiger partial charge in [0.1, 0.15) is 0 Å². The smallest absolute Gasteiger partial charge is 0.243 e. The molecule has 0 amide bonds. The average molecular weight is 258 g/mol. The van der Waals surface area contributed by atoms with Gasteiger partial charge in [0.05, 0.1) is 0 Å². The van der Waals surface area contributed by atoms with E-state index < -0.39 is 0 Å². The van der Waals surface area contributed by atoms with Crippen molar-refractivity contribution in [1.82, 2.24) is 14.6 Å². The second-order valence-corrected chi connectivity index (χ2v) is 5.73. The minimum absolute atomic E-state index is 0.516. The molecule has 2 aromatic rings. The number of nitrogens with one attached hydrogen (secondary N) is 1. The Hall–Kier alpha value is -1.58. The summed E-state index contributed by atoms with van der Waals surface area (Å²) in [5.41, 5.74) is 2.03. The third kappa shape index (κ3) is 2.20. The molecule has 0 bridgehead atoms. The summed E-state index contributed by atoms with van der Waals surface area (Å²) >= 11 is 0. The molecule has 1 saturated carbocycles. The molecule has 3 rings (SSSR count). The fraction of sp³-hybridized carbons (Fsp3) is 0.600. The van der Waals surface area contributed by atoms with Crippen LogP contribution in [0.2, 0.25) is 0 Å². The van der Waals surface area contributed by atoms with Gasteiger partial charge in [-0.2, -0.15) is 4.98 Å². The maximum Gasteiger partial charge on any atom is 0.243 e. The number of fused-ring (bicyclic) bond motifs is 1. The van der Waals surface area contributed by atoms with Crippen LogP contribution in [0.3, 0.4) is 0 Å². The zero-order valence-electron chi connectivity index (χ0n) is 11.9. The summed E-state index contributed by atoms with van der Waals surface area (Å²) in [4.78, 5) is 4.56. The number of hydrogen-bond acceptors (Lipinski definition) is 3. The summed E-state index contributed by atoms with van der Waals surface area (Å²) < 4.78 is 1.90. The van der Waals surface area contributed by atoms with Crippen LogP contribution < -0.4 is 5.32 Å². The maximum atomic E-state index is 4.56. The Labute approximate surface area is 114 Å². The van der Waals surface area contributed by atoms with Crippen molar-refractivity contribution in [2.75, 3.05) is 5.32 Å². The minimum atomic E-state index is 0.516. The Balaban J connectivity index is 1.81. The fourth-order valence-corrected chi connectivity index (χ4v) is 3.29. The van der Waals surface area contributed by atoms with Crippen LogP contribution in [0.25, 0.3) is 5.65 Å². The van der Waals surface area contributed by atoms with Crippen LogP contribution in [0.4, 0.5) is 5.95 Å². The Bertz CT molecular complexity index is 575. The number of aromatic nitrogens is 3. The lowest BCUT2D eigenvalue weighted by Crippen LogP contribution is -2.25. The Kier molecular flexibility index (Phi) is 3.17. The molecule has 102 valence electrons. The molecule has 0 aromatic carbocycles. The van der Waals surface area contributed by atoms with Crippen LogP contribution in [0.15, 0.2) is 18.2 Å². The third-order valence-corrected chi connectivity index (χ3v) is 4.61. The van der Waals surface area contributed by atoms with Crippen LogP contribution in [0.5, 0.6) is 0 Å². The molecule has 0 spiro atoms. The van der Waals surface area contributed by atoms with E-state index in [-0.39, 0.29) is 0 Å². The van der Waals surface area contributed by atoms with Gasteiger partial charge in [-0.3, -0.25) is 0 Å². The predicted molar refractivity (Wildman–Crippen MR) is 77.3 cm³/mol. The average Bonchev–Trinajstić information content (AvgIpc) is 2.96. The largest absolute Gasteiger partial charge is 0.350 e. The molecule has 3 atom stereocenters. The lowest BCUT2D eigenvalue weighted by atomic mass is 9.94. The van der Waals surface area contributed by atoms with Crippen molar-refractivity contribution in [3.8, 4) is 0 Å². The van der Waals surface area contributed by atoms with Gasteiger partial charge in [0.2, 0.25) is 5.95 Å². The van der Waals surface area contributed by atoms with Gasteiger partial charge in [0, 0.05) is 11.7 Å². The van der Waals surface area contributed by atoms with E-state index in [1.807, 2.05) is 16.6 Å². The quantitative estimate of drug-likeness (QED) is 0.918. The molecule has 1 aliphatic carbocycles. The molecule has 0 saturated heterocycles. The van der Waals surface area contributed by atoms with E-state index in [9.17, 15) is 0 Å². The summed E-state index contributed by atoms with van der Waals surface area (Å²) in [6, 6.07) is 6.59. The van der Waals surface area contributed by atoms with E-state index in [1.165, 1.54) is 19.3 Å². The molecule has 4 heteroatoms. The highest BCUT2D eigenvalue weighted by Gasteiger charge is 2.32. The number of rotatable bonds is 3. The number of pyridine rings is 1. The molecule has 1 aliphatic rings. The first kappa shape index (κ1) is 12.5. The van der Waals surface area contributed by atoms with E-state index in [4.69, 9.17) is 0 Å². The van der Waals surface area contributed by atoms with Crippen LogP contribution in [-0.4, -0.2) is 20.6 Å². The standard InChI is InChI=1S/C15H22N4/c1-4-12-8-9-13(11(12)3)16-15-17-14-7-5-6-10(2)19(14)18-15/h5-7,11-13H,4,8-9H2,1-3H3,(H,16,18). The molecule has 0 aliphatic heterocycles. The minimum Gasteiger partial charge on any atom is -0.350 e. The second kappa shape index (κ2) is 4.83. The zero-order valence-corrected chi connectivity index (χ0v) is 11.9. The highest BCUT2D eigenvalue weighted by molar-refractivity contribution is 5.44. The summed E-state index contributed by atoms with van der Waals surface area (Å²) in [6.45, 7) is 6.69. The second-order valence-electron chi connectivity index (χ2n) is 5.73. The van der Waals surface area contributed by atoms with E-state index in [2.05, 4.69) is 42.2 Å². The van der Waals surface area contributed by atoms with Crippen LogP contribution in [0.1, 0.15) is 38.8 Å². The van der Waals surface area contributed by atoms with Crippen molar-refractivity contribution < 1.29 is 0 Å². The third-order valence-electron chi connectivity index (χ3n) is 4.61. The van der Waals surface area contributed by atoms with E-state index in [0.717, 1.165) is 23.2 Å². The first-order valence-corrected chi connectivity index (χ1v) is 7.28. The van der Waals surface area contributed by atoms with Gasteiger partial charge in [-0.1, -0.05) is 26.3 Å². The monoisotopic (exact) mass is 258 g/mol. The van der Waals surface area contributed by atoms with Gasteiger partial charge in [-0.25, -0.2) is 4.52 Å². The van der Waals surface area contributed by atoms with Crippen molar-refractivity contribution in [2.24, 2.45) is 11.8 Å². The number of anilines is 1. The van der Waals surface area contributed by atoms with Crippen molar-refractivity contribution in [2.45, 2.75) is 46.1 Å². The van der Waals surface area contributed by atoms with Crippen molar-refractivity contribution >= 4 is 11.6 Å². The Morgan fingerprint density at radius 2 is 2.21 bits per heavy atom. The number of nitrogens with zero attached hydrogens (tertiary/aromatic N) is 3. The molecular weight excluding hydrogens is 236 g/mol. The molecule has 3 unspecified atom stereocenters. The normalized spacial score (nSPS) is 27.0. The van der Waals surface area contributed by atoms with Crippen LogP contribution >= 0.6 is 0 Å². The molecule has 1 fully saturated rings. The van der Waals surface area contributed by atoms with Crippen molar-refractivity contribution in [3.05, 3.63) is 23.9 Å². The summed E-state index contributed by atoms with van der Waals surface area (Å²) in [5, 5.41) is 8.08. The summed E-state index contributed by atoms with van der Waals surface area (Å²) in [5.74, 6) is 2.32. The number of hydrogen-bond donors (Lipinski definition) is 1. The molecule has 0 radical (unpaired) electrons. The topological polar surface area (TPSA) is 42.2 Å². The van der Waals surface area contributed by atoms with Gasteiger partial charge in [0.15, 0.2) is 5.65 Å². The SMILES string of the molecule is CCC1CCC(Nc2nc3cccc(C)n3n2)C1C. The first-order chi connectivity index (χ1) is 9.19. The van der Waals surface area contributed by atoms with Gasteiger partial charge in [-0.05, 0) is 43.7 Å². The van der Waals surface area contributed by atoms with Gasteiger partial charge >= 0.3 is 0 Å². The molecule has 1 N–H and O–H groups in total. The lowest BCUT2D eigenvalue weighted by Gasteiger charge is -2.19. The molecule has 4 nitrogen and oxygen atoms in total. The summed E-state index contributed by atoms with van der Waals surface area (Å²) in [6.07, 6.45) is 3.83. The Morgan fingerprint density at radius 1 is 1.37 bits per heavy atom. The van der Waals surface area contributed by atoms with Gasteiger partial charge in [0.25, 0.3) is 0 Å². The predicted octanol–water partition coefficient (Wildman–Crippen LogP) is 3.27. The summed E-state index contributed by atoms with van der Waals surface area (Å²) in [7, 11) is 0. The lowest BCUT2D eigenvalue weighted by molar-refractivity contribution is 0.391.